The van der Waals surface area contributed by atoms with Crippen molar-refractivity contribution in [2.24, 2.45) is 0 Å². The number of benzene rings is 3. The van der Waals surface area contributed by atoms with Crippen LogP contribution in [0.25, 0.3) is 5.57 Å². The van der Waals surface area contributed by atoms with Gasteiger partial charge in [-0.1, -0.05) is 62.7 Å². The molecule has 5 rings (SSSR count). The Hall–Kier alpha value is -3.33. The summed E-state index contributed by atoms with van der Waals surface area (Å²) in [6.45, 7) is 15.5. The van der Waals surface area contributed by atoms with E-state index in [9.17, 15) is 4.79 Å². The second kappa shape index (κ2) is 8.90. The minimum atomic E-state index is -0.426. The Morgan fingerprint density at radius 3 is 2.35 bits per heavy atom. The van der Waals surface area contributed by atoms with Crippen LogP contribution < -0.4 is 10.2 Å². The van der Waals surface area contributed by atoms with Gasteiger partial charge in [0.25, 0.3) is 5.91 Å². The van der Waals surface area contributed by atoms with Gasteiger partial charge in [0, 0.05) is 27.8 Å². The molecule has 0 aromatic heterocycles. The smallest absolute Gasteiger partial charge is 0.259 e. The number of aryl methyl sites for hydroxylation is 1. The van der Waals surface area contributed by atoms with E-state index in [1.54, 1.807) is 0 Å². The number of fused-ring (bicyclic) bond motifs is 2. The van der Waals surface area contributed by atoms with E-state index in [-0.39, 0.29) is 16.9 Å². The summed E-state index contributed by atoms with van der Waals surface area (Å²) >= 11 is 0. The first-order valence-electron chi connectivity index (χ1n) is 13.6. The van der Waals surface area contributed by atoms with Crippen molar-refractivity contribution in [2.45, 2.75) is 84.2 Å². The van der Waals surface area contributed by atoms with E-state index in [4.69, 9.17) is 0 Å². The molecule has 3 heteroatoms. The lowest BCUT2D eigenvalue weighted by atomic mass is 9.65. The molecule has 2 aliphatic heterocycles. The van der Waals surface area contributed by atoms with E-state index in [2.05, 4.69) is 114 Å². The molecule has 0 bridgehead atoms. The lowest BCUT2D eigenvalue weighted by molar-refractivity contribution is 0.0970. The number of hydrogen-bond donors (Lipinski definition) is 1. The molecule has 0 radical (unpaired) electrons. The topological polar surface area (TPSA) is 32.3 Å². The Morgan fingerprint density at radius 2 is 1.65 bits per heavy atom. The van der Waals surface area contributed by atoms with Crippen LogP contribution >= 0.6 is 0 Å². The van der Waals surface area contributed by atoms with Crippen molar-refractivity contribution in [2.75, 3.05) is 10.2 Å². The Labute approximate surface area is 222 Å². The molecule has 3 aromatic carbocycles. The number of amides is 1. The lowest BCUT2D eigenvalue weighted by Crippen LogP contribution is -2.49. The van der Waals surface area contributed by atoms with Gasteiger partial charge >= 0.3 is 0 Å². The van der Waals surface area contributed by atoms with Gasteiger partial charge in [0.1, 0.15) is 0 Å². The van der Waals surface area contributed by atoms with Gasteiger partial charge in [-0.05, 0) is 100 Å². The summed E-state index contributed by atoms with van der Waals surface area (Å²) in [5.74, 6) is 0.0466. The van der Waals surface area contributed by atoms with Crippen LogP contribution in [-0.4, -0.2) is 17.0 Å². The van der Waals surface area contributed by atoms with Crippen LogP contribution in [0.1, 0.15) is 93.9 Å². The van der Waals surface area contributed by atoms with Gasteiger partial charge in [0.05, 0.1) is 11.2 Å². The molecule has 0 aliphatic carbocycles. The van der Waals surface area contributed by atoms with Crippen LogP contribution in [0.3, 0.4) is 0 Å². The van der Waals surface area contributed by atoms with Crippen LogP contribution in [0, 0.1) is 0 Å². The first kappa shape index (κ1) is 25.3. The van der Waals surface area contributed by atoms with Gasteiger partial charge in [0.15, 0.2) is 0 Å². The second-order valence-corrected chi connectivity index (χ2v) is 12.4. The van der Waals surface area contributed by atoms with E-state index < -0.39 is 5.54 Å². The minimum absolute atomic E-state index is 0.0299. The molecular weight excluding hydrogens is 452 g/mol. The average molecular weight is 493 g/mol. The van der Waals surface area contributed by atoms with Crippen molar-refractivity contribution in [3.05, 3.63) is 101 Å². The molecule has 2 heterocycles. The van der Waals surface area contributed by atoms with Crippen LogP contribution in [0.15, 0.2) is 72.8 Å². The van der Waals surface area contributed by atoms with E-state index in [1.165, 1.54) is 28.0 Å². The quantitative estimate of drug-likeness (QED) is 0.397. The van der Waals surface area contributed by atoms with Gasteiger partial charge in [-0.25, -0.2) is 0 Å². The highest BCUT2D eigenvalue weighted by Crippen LogP contribution is 2.49. The number of hydrogen-bond acceptors (Lipinski definition) is 2. The fourth-order valence-corrected chi connectivity index (χ4v) is 6.69. The number of para-hydroxylation sites is 1. The first-order chi connectivity index (χ1) is 17.4. The third-order valence-corrected chi connectivity index (χ3v) is 8.18. The highest BCUT2D eigenvalue weighted by Gasteiger charge is 2.43. The maximum atomic E-state index is 13.9. The summed E-state index contributed by atoms with van der Waals surface area (Å²) in [4.78, 5) is 15.9. The summed E-state index contributed by atoms with van der Waals surface area (Å²) in [6.07, 6.45) is 5.36. The molecule has 37 heavy (non-hydrogen) atoms. The summed E-state index contributed by atoms with van der Waals surface area (Å²) < 4.78 is 0. The van der Waals surface area contributed by atoms with Crippen molar-refractivity contribution >= 4 is 22.9 Å². The fourth-order valence-electron chi connectivity index (χ4n) is 6.69. The first-order valence-corrected chi connectivity index (χ1v) is 13.6. The van der Waals surface area contributed by atoms with E-state index in [0.29, 0.717) is 0 Å². The largest absolute Gasteiger partial charge is 0.380 e. The Morgan fingerprint density at radius 1 is 0.946 bits per heavy atom. The zero-order valence-electron chi connectivity index (χ0n) is 23.4. The normalized spacial score (nSPS) is 21.4. The minimum Gasteiger partial charge on any atom is -0.380 e. The van der Waals surface area contributed by atoms with Crippen molar-refractivity contribution in [3.8, 4) is 0 Å². The lowest BCUT2D eigenvalue weighted by Gasteiger charge is -2.47. The van der Waals surface area contributed by atoms with Gasteiger partial charge in [0.2, 0.25) is 0 Å². The molecule has 0 saturated heterocycles. The van der Waals surface area contributed by atoms with Gasteiger partial charge < -0.3 is 5.32 Å². The standard InChI is InChI=1S/C34H40N2O/c1-8-11-24-14-16-25(17-15-24)31(37)36-30-19-18-26(20-27(30)23(2)21-33(36,5)6)34(7)22-32(3,4)35-29-13-10-9-12-28(29)34/h9-10,12-21,35H,8,11,22H2,1-7H3/t34-/m1/s1. The number of nitrogens with zero attached hydrogens (tertiary/aromatic N) is 1. The molecule has 0 unspecified atom stereocenters. The molecule has 0 fully saturated rings. The van der Waals surface area contributed by atoms with Crippen LogP contribution in [0.2, 0.25) is 0 Å². The molecule has 0 saturated carbocycles. The molecule has 3 aromatic rings. The monoisotopic (exact) mass is 492 g/mol. The van der Waals surface area contributed by atoms with Crippen LogP contribution in [0.5, 0.6) is 0 Å². The SMILES string of the molecule is CCCc1ccc(C(=O)N2c3ccc([C@@]4(C)CC(C)(C)Nc5ccccc54)cc3C(C)=CC2(C)C)cc1. The highest BCUT2D eigenvalue weighted by molar-refractivity contribution is 6.10. The Bertz CT molecular complexity index is 1380. The number of anilines is 2. The summed E-state index contributed by atoms with van der Waals surface area (Å²) in [5.41, 5.74) is 8.58. The second-order valence-electron chi connectivity index (χ2n) is 12.4. The number of carbonyl (C=O) groups excluding carboxylic acids is 1. The fraction of sp³-hybridized carbons (Fsp3) is 0.382. The number of allylic oxidation sites excluding steroid dienone is 1. The maximum absolute atomic E-state index is 13.9. The van der Waals surface area contributed by atoms with E-state index in [1.807, 2.05) is 17.0 Å². The molecule has 0 spiro atoms. The number of nitrogens with one attached hydrogen (secondary N) is 1. The van der Waals surface area contributed by atoms with Crippen molar-refractivity contribution in [1.29, 1.82) is 0 Å². The molecule has 1 atom stereocenters. The number of carbonyl (C=O) groups is 1. The molecule has 1 N–H and O–H groups in total. The van der Waals surface area contributed by atoms with Crippen LogP contribution in [-0.2, 0) is 11.8 Å². The summed E-state index contributed by atoms with van der Waals surface area (Å²) in [5, 5.41) is 3.73. The Balaban J connectivity index is 1.60. The van der Waals surface area contributed by atoms with Gasteiger partial charge in [-0.15, -0.1) is 0 Å². The molecule has 192 valence electrons. The number of rotatable bonds is 4. The molecule has 3 nitrogen and oxygen atoms in total. The molecule has 2 aliphatic rings. The summed E-state index contributed by atoms with van der Waals surface area (Å²) in [6, 6.07) is 23.6. The maximum Gasteiger partial charge on any atom is 0.259 e. The third kappa shape index (κ3) is 4.39. The Kier molecular flexibility index (Phi) is 6.09. The van der Waals surface area contributed by atoms with Crippen LogP contribution in [0.4, 0.5) is 11.4 Å². The highest BCUT2D eigenvalue weighted by atomic mass is 16.2. The van der Waals surface area contributed by atoms with Gasteiger partial charge in [-0.3, -0.25) is 9.69 Å². The van der Waals surface area contributed by atoms with Gasteiger partial charge in [-0.2, -0.15) is 0 Å². The van der Waals surface area contributed by atoms with Crippen molar-refractivity contribution in [3.63, 3.8) is 0 Å². The van der Waals surface area contributed by atoms with E-state index >= 15 is 0 Å². The zero-order valence-corrected chi connectivity index (χ0v) is 23.4. The summed E-state index contributed by atoms with van der Waals surface area (Å²) in [7, 11) is 0. The third-order valence-electron chi connectivity index (χ3n) is 8.18. The van der Waals surface area contributed by atoms with Crippen molar-refractivity contribution < 1.29 is 4.79 Å². The molecule has 1 amide bonds. The zero-order chi connectivity index (χ0) is 26.6. The van der Waals surface area contributed by atoms with E-state index in [0.717, 1.165) is 36.1 Å². The van der Waals surface area contributed by atoms with Crippen molar-refractivity contribution in [1.82, 2.24) is 0 Å². The predicted octanol–water partition coefficient (Wildman–Crippen LogP) is 8.38. The molecular formula is C34H40N2O. The predicted molar refractivity (Wildman–Crippen MR) is 157 cm³/mol. The average Bonchev–Trinajstić information content (AvgIpc) is 2.83.